The van der Waals surface area contributed by atoms with Gasteiger partial charge >= 0.3 is 5.97 Å². The zero-order valence-corrected chi connectivity index (χ0v) is 9.54. The van der Waals surface area contributed by atoms with E-state index in [1.807, 2.05) is 0 Å². The molecule has 0 spiro atoms. The smallest absolute Gasteiger partial charge is 0.305 e. The number of hydrogen-bond acceptors (Lipinski definition) is 2. The molecule has 0 aromatic rings. The van der Waals surface area contributed by atoms with Gasteiger partial charge in [-0.2, -0.15) is 0 Å². The van der Waals surface area contributed by atoms with Gasteiger partial charge in [0.25, 0.3) is 0 Å². The number of aliphatic carboxylic acids is 1. The first-order valence-corrected chi connectivity index (χ1v) is 5.41. The number of nitrogens with one attached hydrogen (secondary N) is 1. The topological polar surface area (TPSA) is 66.4 Å². The zero-order valence-electron chi connectivity index (χ0n) is 9.54. The van der Waals surface area contributed by atoms with E-state index in [9.17, 15) is 9.59 Å². The van der Waals surface area contributed by atoms with Crippen molar-refractivity contribution >= 4 is 11.9 Å². The van der Waals surface area contributed by atoms with Crippen LogP contribution in [0.2, 0.25) is 0 Å². The second-order valence-electron chi connectivity index (χ2n) is 4.77. The van der Waals surface area contributed by atoms with E-state index in [0.717, 1.165) is 12.8 Å². The van der Waals surface area contributed by atoms with Crippen LogP contribution in [-0.2, 0) is 9.59 Å². The average Bonchev–Trinajstić information content (AvgIpc) is 2.77. The lowest BCUT2D eigenvalue weighted by Gasteiger charge is -2.13. The van der Waals surface area contributed by atoms with Gasteiger partial charge in [-0.25, -0.2) is 0 Å². The van der Waals surface area contributed by atoms with Crippen molar-refractivity contribution in [2.45, 2.75) is 46.1 Å². The van der Waals surface area contributed by atoms with Gasteiger partial charge in [-0.05, 0) is 25.2 Å². The molecular formula is C11H19NO3. The number of carboxylic acid groups (broad SMARTS) is 1. The van der Waals surface area contributed by atoms with Gasteiger partial charge in [-0.1, -0.05) is 13.8 Å². The van der Waals surface area contributed by atoms with Crippen molar-refractivity contribution in [2.24, 2.45) is 11.3 Å². The van der Waals surface area contributed by atoms with E-state index in [-0.39, 0.29) is 29.7 Å². The second kappa shape index (κ2) is 4.21. The van der Waals surface area contributed by atoms with Crippen LogP contribution in [0, 0.1) is 11.3 Å². The standard InChI is InChI=1S/C11H19NO3/c1-4-11(3)6-8(11)10(15)12-7(2)5-9(13)14/h7-8H,4-6H2,1-3H3,(H,12,15)(H,13,14). The highest BCUT2D eigenvalue weighted by molar-refractivity contribution is 5.83. The van der Waals surface area contributed by atoms with Gasteiger partial charge in [-0.15, -0.1) is 0 Å². The molecule has 3 unspecified atom stereocenters. The molecular weight excluding hydrogens is 194 g/mol. The average molecular weight is 213 g/mol. The predicted octanol–water partition coefficient (Wildman–Crippen LogP) is 1.40. The fraction of sp³-hybridized carbons (Fsp3) is 0.818. The minimum atomic E-state index is -0.878. The normalized spacial score (nSPS) is 30.7. The van der Waals surface area contributed by atoms with Gasteiger partial charge in [0.05, 0.1) is 6.42 Å². The highest BCUT2D eigenvalue weighted by atomic mass is 16.4. The van der Waals surface area contributed by atoms with E-state index in [1.54, 1.807) is 6.92 Å². The van der Waals surface area contributed by atoms with Crippen molar-refractivity contribution in [3.8, 4) is 0 Å². The fourth-order valence-corrected chi connectivity index (χ4v) is 1.86. The Labute approximate surface area is 90.0 Å². The molecule has 0 aromatic heterocycles. The van der Waals surface area contributed by atoms with Crippen molar-refractivity contribution in [1.82, 2.24) is 5.32 Å². The van der Waals surface area contributed by atoms with Crippen LogP contribution in [0.5, 0.6) is 0 Å². The van der Waals surface area contributed by atoms with Crippen LogP contribution in [0.25, 0.3) is 0 Å². The maximum absolute atomic E-state index is 11.7. The van der Waals surface area contributed by atoms with E-state index >= 15 is 0 Å². The molecule has 1 rings (SSSR count). The summed E-state index contributed by atoms with van der Waals surface area (Å²) in [6, 6.07) is -0.281. The summed E-state index contributed by atoms with van der Waals surface area (Å²) in [5, 5.41) is 11.3. The summed E-state index contributed by atoms with van der Waals surface area (Å²) in [6.07, 6.45) is 1.91. The molecule has 2 N–H and O–H groups in total. The number of hydrogen-bond donors (Lipinski definition) is 2. The largest absolute Gasteiger partial charge is 0.481 e. The van der Waals surface area contributed by atoms with Crippen molar-refractivity contribution in [3.63, 3.8) is 0 Å². The molecule has 0 heterocycles. The molecule has 15 heavy (non-hydrogen) atoms. The first-order chi connectivity index (χ1) is 6.89. The third-order valence-corrected chi connectivity index (χ3v) is 3.35. The monoisotopic (exact) mass is 213 g/mol. The highest BCUT2D eigenvalue weighted by Crippen LogP contribution is 2.54. The maximum atomic E-state index is 11.7. The lowest BCUT2D eigenvalue weighted by atomic mass is 10.0. The Morgan fingerprint density at radius 2 is 2.20 bits per heavy atom. The minimum Gasteiger partial charge on any atom is -0.481 e. The van der Waals surface area contributed by atoms with Crippen LogP contribution in [-0.4, -0.2) is 23.0 Å². The van der Waals surface area contributed by atoms with Crippen molar-refractivity contribution < 1.29 is 14.7 Å². The molecule has 1 aliphatic rings. The highest BCUT2D eigenvalue weighted by Gasteiger charge is 2.52. The van der Waals surface area contributed by atoms with Gasteiger partial charge in [-0.3, -0.25) is 9.59 Å². The number of amides is 1. The fourth-order valence-electron chi connectivity index (χ4n) is 1.86. The molecule has 0 aromatic carbocycles. The van der Waals surface area contributed by atoms with Gasteiger partial charge in [0.2, 0.25) is 5.91 Å². The lowest BCUT2D eigenvalue weighted by Crippen LogP contribution is -2.36. The molecule has 86 valence electrons. The van der Waals surface area contributed by atoms with Crippen LogP contribution in [0.4, 0.5) is 0 Å². The number of carbonyl (C=O) groups is 2. The summed E-state index contributed by atoms with van der Waals surface area (Å²) in [5.41, 5.74) is 0.146. The Balaban J connectivity index is 2.35. The minimum absolute atomic E-state index is 0.00750. The molecule has 1 saturated carbocycles. The van der Waals surface area contributed by atoms with Crippen LogP contribution in [0.3, 0.4) is 0 Å². The summed E-state index contributed by atoms with van der Waals surface area (Å²) in [7, 11) is 0. The summed E-state index contributed by atoms with van der Waals surface area (Å²) in [5.74, 6) is -0.788. The quantitative estimate of drug-likeness (QED) is 0.725. The Bertz CT molecular complexity index is 277. The number of carbonyl (C=O) groups excluding carboxylic acids is 1. The van der Waals surface area contributed by atoms with Gasteiger partial charge in [0.1, 0.15) is 0 Å². The molecule has 0 saturated heterocycles. The van der Waals surface area contributed by atoms with E-state index in [4.69, 9.17) is 5.11 Å². The van der Waals surface area contributed by atoms with Gasteiger partial charge < -0.3 is 10.4 Å². The van der Waals surface area contributed by atoms with E-state index in [1.165, 1.54) is 0 Å². The maximum Gasteiger partial charge on any atom is 0.305 e. The molecule has 0 bridgehead atoms. The number of rotatable bonds is 5. The van der Waals surface area contributed by atoms with Crippen molar-refractivity contribution in [2.75, 3.05) is 0 Å². The van der Waals surface area contributed by atoms with E-state index in [2.05, 4.69) is 19.2 Å². The van der Waals surface area contributed by atoms with Crippen LogP contribution >= 0.6 is 0 Å². The SMILES string of the molecule is CCC1(C)CC1C(=O)NC(C)CC(=O)O. The zero-order chi connectivity index (χ0) is 11.6. The molecule has 4 heteroatoms. The Morgan fingerprint density at radius 1 is 1.60 bits per heavy atom. The summed E-state index contributed by atoms with van der Waals surface area (Å²) in [4.78, 5) is 22.1. The Hall–Kier alpha value is -1.06. The first kappa shape index (κ1) is 12.0. The molecule has 1 aliphatic carbocycles. The number of carboxylic acids is 1. The third-order valence-electron chi connectivity index (χ3n) is 3.35. The van der Waals surface area contributed by atoms with Crippen LogP contribution in [0.15, 0.2) is 0 Å². The van der Waals surface area contributed by atoms with Crippen molar-refractivity contribution in [1.29, 1.82) is 0 Å². The summed E-state index contributed by atoms with van der Waals surface area (Å²) >= 11 is 0. The first-order valence-electron chi connectivity index (χ1n) is 5.41. The summed E-state index contributed by atoms with van der Waals surface area (Å²) in [6.45, 7) is 5.89. The lowest BCUT2D eigenvalue weighted by molar-refractivity contribution is -0.137. The van der Waals surface area contributed by atoms with Crippen LogP contribution in [0.1, 0.15) is 40.0 Å². The van der Waals surface area contributed by atoms with Gasteiger partial charge in [0, 0.05) is 12.0 Å². The second-order valence-corrected chi connectivity index (χ2v) is 4.77. The van der Waals surface area contributed by atoms with Crippen LogP contribution < -0.4 is 5.32 Å². The summed E-state index contributed by atoms with van der Waals surface area (Å²) < 4.78 is 0. The third kappa shape index (κ3) is 2.94. The molecule has 1 fully saturated rings. The Morgan fingerprint density at radius 3 is 2.60 bits per heavy atom. The Kier molecular flexibility index (Phi) is 3.37. The van der Waals surface area contributed by atoms with Crippen molar-refractivity contribution in [3.05, 3.63) is 0 Å². The predicted molar refractivity (Wildman–Crippen MR) is 56.4 cm³/mol. The van der Waals surface area contributed by atoms with E-state index in [0.29, 0.717) is 0 Å². The van der Waals surface area contributed by atoms with Gasteiger partial charge in [0.15, 0.2) is 0 Å². The molecule has 0 aliphatic heterocycles. The molecule has 4 nitrogen and oxygen atoms in total. The molecule has 3 atom stereocenters. The molecule has 1 amide bonds. The van der Waals surface area contributed by atoms with E-state index < -0.39 is 5.97 Å². The molecule has 0 radical (unpaired) electrons.